The maximum Gasteiger partial charge on any atom is 0.126 e. The van der Waals surface area contributed by atoms with Crippen LogP contribution in [-0.4, -0.2) is 5.11 Å². The van der Waals surface area contributed by atoms with E-state index in [9.17, 15) is 13.9 Å². The average Bonchev–Trinajstić information content (AvgIpc) is 2.36. The molecular weight excluding hydrogens is 258 g/mol. The number of hydrogen-bond acceptors (Lipinski definition) is 1. The van der Waals surface area contributed by atoms with E-state index >= 15 is 0 Å². The third-order valence-electron chi connectivity index (χ3n) is 3.52. The molecule has 2 aromatic carbocycles. The highest BCUT2D eigenvalue weighted by atomic mass is 19.1. The van der Waals surface area contributed by atoms with Crippen LogP contribution in [-0.2, 0) is 12.0 Å². The van der Waals surface area contributed by atoms with Crippen LogP contribution in [0.1, 0.15) is 29.2 Å². The molecule has 106 valence electrons. The van der Waals surface area contributed by atoms with Crippen LogP contribution in [0.15, 0.2) is 36.4 Å². The van der Waals surface area contributed by atoms with Gasteiger partial charge in [-0.05, 0) is 55.7 Å². The van der Waals surface area contributed by atoms with Gasteiger partial charge < -0.3 is 5.11 Å². The van der Waals surface area contributed by atoms with Gasteiger partial charge in [-0.1, -0.05) is 23.8 Å². The molecule has 0 saturated heterocycles. The zero-order valence-electron chi connectivity index (χ0n) is 11.9. The topological polar surface area (TPSA) is 20.2 Å². The van der Waals surface area contributed by atoms with Gasteiger partial charge in [-0.3, -0.25) is 0 Å². The maximum absolute atomic E-state index is 13.7. The lowest BCUT2D eigenvalue weighted by molar-refractivity contribution is 0.0559. The highest BCUT2D eigenvalue weighted by Crippen LogP contribution is 2.29. The van der Waals surface area contributed by atoms with E-state index in [1.165, 1.54) is 0 Å². The summed E-state index contributed by atoms with van der Waals surface area (Å²) in [5.74, 6) is -1.00. The van der Waals surface area contributed by atoms with Crippen molar-refractivity contribution in [1.82, 2.24) is 0 Å². The molecule has 0 spiro atoms. The molecular formula is C17H18F2O. The largest absolute Gasteiger partial charge is 0.385 e. The molecule has 20 heavy (non-hydrogen) atoms. The van der Waals surface area contributed by atoms with Crippen molar-refractivity contribution < 1.29 is 13.9 Å². The molecule has 0 radical (unpaired) electrons. The van der Waals surface area contributed by atoms with E-state index in [0.717, 1.165) is 34.9 Å². The summed E-state index contributed by atoms with van der Waals surface area (Å²) in [4.78, 5) is 0. The Labute approximate surface area is 117 Å². The summed E-state index contributed by atoms with van der Waals surface area (Å²) in [6.07, 6.45) is 0.0287. The predicted molar refractivity (Wildman–Crippen MR) is 75.5 cm³/mol. The zero-order chi connectivity index (χ0) is 14.9. The first kappa shape index (κ1) is 14.7. The molecule has 0 heterocycles. The average molecular weight is 276 g/mol. The van der Waals surface area contributed by atoms with Gasteiger partial charge in [0.1, 0.15) is 11.6 Å². The Balaban J connectivity index is 2.40. The first-order valence-electron chi connectivity index (χ1n) is 6.53. The molecule has 0 aliphatic heterocycles. The van der Waals surface area contributed by atoms with Crippen LogP contribution < -0.4 is 0 Å². The molecule has 0 saturated carbocycles. The lowest BCUT2D eigenvalue weighted by atomic mass is 9.85. The predicted octanol–water partition coefficient (Wildman–Crippen LogP) is 4.03. The second kappa shape index (κ2) is 5.33. The van der Waals surface area contributed by atoms with Gasteiger partial charge in [-0.15, -0.1) is 0 Å². The number of benzene rings is 2. The summed E-state index contributed by atoms with van der Waals surface area (Å²) >= 11 is 0. The van der Waals surface area contributed by atoms with Crippen molar-refractivity contribution in [2.45, 2.75) is 32.8 Å². The van der Waals surface area contributed by atoms with Gasteiger partial charge in [0.2, 0.25) is 0 Å². The van der Waals surface area contributed by atoms with Crippen molar-refractivity contribution >= 4 is 0 Å². The van der Waals surface area contributed by atoms with Crippen molar-refractivity contribution in [3.05, 3.63) is 70.3 Å². The monoisotopic (exact) mass is 276 g/mol. The first-order chi connectivity index (χ1) is 9.29. The lowest BCUT2D eigenvalue weighted by Gasteiger charge is -2.26. The minimum absolute atomic E-state index is 0.0287. The van der Waals surface area contributed by atoms with Crippen molar-refractivity contribution in [2.24, 2.45) is 0 Å². The Kier molecular flexibility index (Phi) is 3.91. The Morgan fingerprint density at radius 3 is 2.45 bits per heavy atom. The Bertz CT molecular complexity index is 633. The molecule has 0 aromatic heterocycles. The van der Waals surface area contributed by atoms with Crippen molar-refractivity contribution in [1.29, 1.82) is 0 Å². The van der Waals surface area contributed by atoms with Gasteiger partial charge in [-0.2, -0.15) is 0 Å². The fourth-order valence-electron chi connectivity index (χ4n) is 2.46. The van der Waals surface area contributed by atoms with E-state index in [2.05, 4.69) is 0 Å². The molecule has 0 aliphatic carbocycles. The molecule has 0 aliphatic rings. The third kappa shape index (κ3) is 3.05. The van der Waals surface area contributed by atoms with Crippen LogP contribution in [0.5, 0.6) is 0 Å². The highest BCUT2D eigenvalue weighted by Gasteiger charge is 2.27. The van der Waals surface area contributed by atoms with E-state index in [1.54, 1.807) is 6.92 Å². The summed E-state index contributed by atoms with van der Waals surface area (Å²) in [5.41, 5.74) is 1.62. The summed E-state index contributed by atoms with van der Waals surface area (Å²) in [7, 11) is 0. The summed E-state index contributed by atoms with van der Waals surface area (Å²) < 4.78 is 26.9. The zero-order valence-corrected chi connectivity index (χ0v) is 11.9. The first-order valence-corrected chi connectivity index (χ1v) is 6.53. The van der Waals surface area contributed by atoms with Crippen LogP contribution in [0.4, 0.5) is 8.78 Å². The number of hydrogen-bond donors (Lipinski definition) is 1. The highest BCUT2D eigenvalue weighted by molar-refractivity contribution is 5.36. The van der Waals surface area contributed by atoms with Gasteiger partial charge >= 0.3 is 0 Å². The smallest absolute Gasteiger partial charge is 0.126 e. The van der Waals surface area contributed by atoms with Gasteiger partial charge in [0, 0.05) is 6.42 Å². The number of aliphatic hydroxyl groups is 1. The number of aryl methyl sites for hydroxylation is 2. The molecule has 2 rings (SSSR count). The van der Waals surface area contributed by atoms with Gasteiger partial charge in [-0.25, -0.2) is 8.78 Å². The van der Waals surface area contributed by atoms with Crippen LogP contribution >= 0.6 is 0 Å². The Morgan fingerprint density at radius 1 is 1.05 bits per heavy atom. The molecule has 0 fully saturated rings. The molecule has 1 nitrogen and oxygen atoms in total. The minimum atomic E-state index is -1.25. The summed E-state index contributed by atoms with van der Waals surface area (Å²) in [6.45, 7) is 5.45. The molecule has 1 unspecified atom stereocenters. The van der Waals surface area contributed by atoms with Crippen LogP contribution in [0.2, 0.25) is 0 Å². The lowest BCUT2D eigenvalue weighted by Crippen LogP contribution is -2.26. The van der Waals surface area contributed by atoms with E-state index in [4.69, 9.17) is 0 Å². The van der Waals surface area contributed by atoms with Gasteiger partial charge in [0.25, 0.3) is 0 Å². The maximum atomic E-state index is 13.7. The van der Waals surface area contributed by atoms with E-state index < -0.39 is 17.2 Å². The van der Waals surface area contributed by atoms with Crippen LogP contribution in [0, 0.1) is 25.5 Å². The normalized spacial score (nSPS) is 14.1. The summed E-state index contributed by atoms with van der Waals surface area (Å²) in [6, 6.07) is 9.05. The van der Waals surface area contributed by atoms with E-state index in [1.807, 2.05) is 32.0 Å². The van der Waals surface area contributed by atoms with Crippen LogP contribution in [0.3, 0.4) is 0 Å². The molecule has 0 amide bonds. The summed E-state index contributed by atoms with van der Waals surface area (Å²) in [5, 5.41) is 10.7. The Hall–Kier alpha value is -1.74. The van der Waals surface area contributed by atoms with E-state index in [-0.39, 0.29) is 12.0 Å². The van der Waals surface area contributed by atoms with Crippen molar-refractivity contribution in [3.63, 3.8) is 0 Å². The molecule has 1 atom stereocenters. The van der Waals surface area contributed by atoms with Gasteiger partial charge in [0.05, 0.1) is 5.60 Å². The molecule has 3 heteroatoms. The standard InChI is InChI=1S/C17H18F2O/c1-11-4-5-12(2)15(8-11)17(3,20)10-13-9-14(18)6-7-16(13)19/h4-9,20H,10H2,1-3H3. The quantitative estimate of drug-likeness (QED) is 0.897. The SMILES string of the molecule is Cc1ccc(C)c(C(C)(O)Cc2cc(F)ccc2F)c1. The van der Waals surface area contributed by atoms with Crippen molar-refractivity contribution in [3.8, 4) is 0 Å². The van der Waals surface area contributed by atoms with Gasteiger partial charge in [0.15, 0.2) is 0 Å². The fourth-order valence-corrected chi connectivity index (χ4v) is 2.46. The number of halogens is 2. The Morgan fingerprint density at radius 2 is 1.75 bits per heavy atom. The fraction of sp³-hybridized carbons (Fsp3) is 0.294. The van der Waals surface area contributed by atoms with Crippen molar-refractivity contribution in [2.75, 3.05) is 0 Å². The van der Waals surface area contributed by atoms with Crippen LogP contribution in [0.25, 0.3) is 0 Å². The van der Waals surface area contributed by atoms with E-state index in [0.29, 0.717) is 0 Å². The molecule has 1 N–H and O–H groups in total. The third-order valence-corrected chi connectivity index (χ3v) is 3.52. The number of rotatable bonds is 3. The molecule has 0 bridgehead atoms. The second-order valence-electron chi connectivity index (χ2n) is 5.50. The minimum Gasteiger partial charge on any atom is -0.385 e. The second-order valence-corrected chi connectivity index (χ2v) is 5.50. The molecule has 2 aromatic rings.